The number of nitrogens with zero attached hydrogens (tertiary/aromatic N) is 4. The van der Waals surface area contributed by atoms with E-state index in [2.05, 4.69) is 15.1 Å². The van der Waals surface area contributed by atoms with E-state index in [1.807, 2.05) is 30.3 Å². The minimum Gasteiger partial charge on any atom is -0.364 e. The molecule has 1 saturated heterocycles. The topological polar surface area (TPSA) is 52.8 Å². The van der Waals surface area contributed by atoms with Gasteiger partial charge in [0.2, 0.25) is 0 Å². The first-order valence-corrected chi connectivity index (χ1v) is 10.4. The van der Waals surface area contributed by atoms with Gasteiger partial charge in [0.05, 0.1) is 17.7 Å². The maximum absolute atomic E-state index is 6.59. The van der Waals surface area contributed by atoms with E-state index in [0.717, 1.165) is 29.2 Å². The Morgan fingerprint density at radius 2 is 2.19 bits per heavy atom. The molecular formula is C19H18Cl2N4OS. The van der Waals surface area contributed by atoms with Crippen LogP contribution in [-0.4, -0.2) is 31.6 Å². The Kier molecular flexibility index (Phi) is 5.68. The molecular weight excluding hydrogens is 403 g/mol. The van der Waals surface area contributed by atoms with Crippen molar-refractivity contribution in [3.8, 4) is 0 Å². The van der Waals surface area contributed by atoms with Crippen molar-refractivity contribution in [3.63, 3.8) is 0 Å². The first-order valence-electron chi connectivity index (χ1n) is 8.64. The maximum atomic E-state index is 6.59. The van der Waals surface area contributed by atoms with Crippen molar-refractivity contribution in [1.82, 2.24) is 19.7 Å². The van der Waals surface area contributed by atoms with Gasteiger partial charge >= 0.3 is 0 Å². The summed E-state index contributed by atoms with van der Waals surface area (Å²) >= 11 is 14.3. The Labute approximate surface area is 172 Å². The molecule has 3 heterocycles. The molecule has 1 aromatic carbocycles. The van der Waals surface area contributed by atoms with Crippen LogP contribution in [0.1, 0.15) is 18.4 Å². The summed E-state index contributed by atoms with van der Waals surface area (Å²) in [6.45, 7) is 0.555. The summed E-state index contributed by atoms with van der Waals surface area (Å²) in [6, 6.07) is 11.5. The van der Waals surface area contributed by atoms with Crippen molar-refractivity contribution < 1.29 is 4.74 Å². The SMILES string of the molecule is Clc1ccc([C@@]2(Cn3cncn3)CC[C@H](CSc3ccccn3)O2)c(Cl)c1. The third-order valence-corrected chi connectivity index (χ3v) is 6.25. The molecule has 0 aliphatic carbocycles. The van der Waals surface area contributed by atoms with Gasteiger partial charge < -0.3 is 4.74 Å². The van der Waals surface area contributed by atoms with Gasteiger partial charge in [-0.15, -0.1) is 11.8 Å². The second-order valence-electron chi connectivity index (χ2n) is 6.47. The molecule has 27 heavy (non-hydrogen) atoms. The third kappa shape index (κ3) is 4.29. The van der Waals surface area contributed by atoms with Gasteiger partial charge in [-0.25, -0.2) is 14.6 Å². The van der Waals surface area contributed by atoms with Crippen molar-refractivity contribution in [3.05, 3.63) is 70.9 Å². The van der Waals surface area contributed by atoms with Gasteiger partial charge in [-0.2, -0.15) is 5.10 Å². The Morgan fingerprint density at radius 3 is 2.93 bits per heavy atom. The molecule has 8 heteroatoms. The molecule has 1 fully saturated rings. The molecule has 0 radical (unpaired) electrons. The van der Waals surface area contributed by atoms with Gasteiger partial charge in [-0.05, 0) is 37.1 Å². The summed E-state index contributed by atoms with van der Waals surface area (Å²) in [7, 11) is 0. The molecule has 0 saturated carbocycles. The Morgan fingerprint density at radius 1 is 1.26 bits per heavy atom. The van der Waals surface area contributed by atoms with Crippen LogP contribution in [0, 0.1) is 0 Å². The number of ether oxygens (including phenoxy) is 1. The lowest BCUT2D eigenvalue weighted by atomic mass is 9.90. The van der Waals surface area contributed by atoms with E-state index in [4.69, 9.17) is 27.9 Å². The highest BCUT2D eigenvalue weighted by Crippen LogP contribution is 2.45. The fourth-order valence-corrected chi connectivity index (χ4v) is 4.88. The normalized spacial score (nSPS) is 22.2. The number of thioether (sulfide) groups is 1. The predicted octanol–water partition coefficient (Wildman–Crippen LogP) is 4.85. The summed E-state index contributed by atoms with van der Waals surface area (Å²) in [5, 5.41) is 6.48. The number of hydrogen-bond acceptors (Lipinski definition) is 5. The number of aromatic nitrogens is 4. The Hall–Kier alpha value is -1.60. The van der Waals surface area contributed by atoms with Crippen molar-refractivity contribution in [2.75, 3.05) is 5.75 Å². The van der Waals surface area contributed by atoms with Gasteiger partial charge in [-0.3, -0.25) is 0 Å². The van der Waals surface area contributed by atoms with E-state index in [0.29, 0.717) is 16.6 Å². The average Bonchev–Trinajstić information content (AvgIpc) is 3.32. The summed E-state index contributed by atoms with van der Waals surface area (Å²) in [4.78, 5) is 8.42. The summed E-state index contributed by atoms with van der Waals surface area (Å²) in [5.41, 5.74) is 0.388. The molecule has 2 aromatic heterocycles. The van der Waals surface area contributed by atoms with Crippen LogP contribution in [0.4, 0.5) is 0 Å². The number of benzene rings is 1. The average molecular weight is 421 g/mol. The van der Waals surface area contributed by atoms with Gasteiger partial charge in [0.1, 0.15) is 18.3 Å². The highest BCUT2D eigenvalue weighted by molar-refractivity contribution is 7.99. The number of hydrogen-bond donors (Lipinski definition) is 0. The van der Waals surface area contributed by atoms with Gasteiger partial charge in [0.25, 0.3) is 0 Å². The largest absolute Gasteiger partial charge is 0.364 e. The van der Waals surface area contributed by atoms with Crippen molar-refractivity contribution in [2.45, 2.75) is 36.1 Å². The van der Waals surface area contributed by atoms with E-state index < -0.39 is 5.60 Å². The molecule has 140 valence electrons. The van der Waals surface area contributed by atoms with Crippen LogP contribution in [0.15, 0.2) is 60.3 Å². The standard InChI is InChI=1S/C19H18Cl2N4OS/c20-14-4-5-16(17(21)9-14)19(11-25-13-22-12-24-25)7-6-15(26-19)10-27-18-3-1-2-8-23-18/h1-5,8-9,12-13,15H,6-7,10-11H2/t15-,19+/m1/s1. The van der Waals surface area contributed by atoms with E-state index in [-0.39, 0.29) is 6.10 Å². The fraction of sp³-hybridized carbons (Fsp3) is 0.316. The van der Waals surface area contributed by atoms with Crippen LogP contribution in [0.3, 0.4) is 0 Å². The summed E-state index contributed by atoms with van der Waals surface area (Å²) in [5.74, 6) is 0.835. The van der Waals surface area contributed by atoms with E-state index >= 15 is 0 Å². The quantitative estimate of drug-likeness (QED) is 0.533. The van der Waals surface area contributed by atoms with E-state index in [1.54, 1.807) is 35.0 Å². The van der Waals surface area contributed by atoms with Crippen LogP contribution in [-0.2, 0) is 16.9 Å². The lowest BCUT2D eigenvalue weighted by Gasteiger charge is -2.31. The van der Waals surface area contributed by atoms with Crippen LogP contribution in [0.5, 0.6) is 0 Å². The van der Waals surface area contributed by atoms with E-state index in [9.17, 15) is 0 Å². The molecule has 0 bridgehead atoms. The first kappa shape index (κ1) is 18.7. The molecule has 0 unspecified atom stereocenters. The monoisotopic (exact) mass is 420 g/mol. The number of halogens is 2. The van der Waals surface area contributed by atoms with Crippen LogP contribution < -0.4 is 0 Å². The zero-order chi connectivity index (χ0) is 18.7. The minimum atomic E-state index is -0.551. The Balaban J connectivity index is 1.56. The van der Waals surface area contributed by atoms with Crippen LogP contribution >= 0.6 is 35.0 Å². The second kappa shape index (κ2) is 8.19. The van der Waals surface area contributed by atoms with Gasteiger partial charge in [0, 0.05) is 27.6 Å². The molecule has 2 atom stereocenters. The summed E-state index contributed by atoms with van der Waals surface area (Å²) < 4.78 is 8.38. The molecule has 5 nitrogen and oxygen atoms in total. The first-order chi connectivity index (χ1) is 13.1. The molecule has 0 N–H and O–H groups in total. The molecule has 0 amide bonds. The van der Waals surface area contributed by atoms with Gasteiger partial charge in [-0.1, -0.05) is 35.3 Å². The zero-order valence-electron chi connectivity index (χ0n) is 14.5. The highest BCUT2D eigenvalue weighted by atomic mass is 35.5. The predicted molar refractivity (Wildman–Crippen MR) is 107 cm³/mol. The lowest BCUT2D eigenvalue weighted by Crippen LogP contribution is -2.33. The second-order valence-corrected chi connectivity index (χ2v) is 8.35. The van der Waals surface area contributed by atoms with Crippen molar-refractivity contribution in [1.29, 1.82) is 0 Å². The third-order valence-electron chi connectivity index (χ3n) is 4.62. The smallest absolute Gasteiger partial charge is 0.137 e. The van der Waals surface area contributed by atoms with E-state index in [1.165, 1.54) is 6.33 Å². The minimum absolute atomic E-state index is 0.104. The molecule has 0 spiro atoms. The highest BCUT2D eigenvalue weighted by Gasteiger charge is 2.43. The van der Waals surface area contributed by atoms with Crippen LogP contribution in [0.2, 0.25) is 10.0 Å². The van der Waals surface area contributed by atoms with Crippen LogP contribution in [0.25, 0.3) is 0 Å². The van der Waals surface area contributed by atoms with Crippen molar-refractivity contribution in [2.24, 2.45) is 0 Å². The lowest BCUT2D eigenvalue weighted by molar-refractivity contribution is -0.0507. The number of rotatable bonds is 6. The van der Waals surface area contributed by atoms with Gasteiger partial charge in [0.15, 0.2) is 0 Å². The molecule has 1 aliphatic heterocycles. The number of pyridine rings is 1. The Bertz CT molecular complexity index is 894. The van der Waals surface area contributed by atoms with Crippen molar-refractivity contribution >= 4 is 35.0 Å². The zero-order valence-corrected chi connectivity index (χ0v) is 16.8. The molecule has 1 aliphatic rings. The summed E-state index contributed by atoms with van der Waals surface area (Å²) in [6.07, 6.45) is 6.92. The maximum Gasteiger partial charge on any atom is 0.137 e. The molecule has 3 aromatic rings. The fourth-order valence-electron chi connectivity index (χ4n) is 3.39. The molecule has 4 rings (SSSR count).